The maximum absolute atomic E-state index is 11.7. The predicted octanol–water partition coefficient (Wildman–Crippen LogP) is 1.10. The Kier molecular flexibility index (Phi) is 2.87. The van der Waals surface area contributed by atoms with Gasteiger partial charge in [0, 0.05) is 13.2 Å². The van der Waals surface area contributed by atoms with E-state index in [9.17, 15) is 4.79 Å². The minimum absolute atomic E-state index is 0.0680. The molecular weight excluding hydrogens is 218 g/mol. The molecule has 96 valence electrons. The highest BCUT2D eigenvalue weighted by atomic mass is 16.6. The third-order valence-corrected chi connectivity index (χ3v) is 4.71. The fourth-order valence-electron chi connectivity index (χ4n) is 3.21. The molecule has 3 rings (SSSR count). The van der Waals surface area contributed by atoms with Crippen molar-refractivity contribution in [3.8, 4) is 0 Å². The molecule has 17 heavy (non-hydrogen) atoms. The highest BCUT2D eigenvalue weighted by Crippen LogP contribution is 2.50. The van der Waals surface area contributed by atoms with E-state index in [0.29, 0.717) is 11.3 Å². The van der Waals surface area contributed by atoms with Crippen molar-refractivity contribution in [3.05, 3.63) is 0 Å². The third kappa shape index (κ3) is 2.08. The zero-order valence-corrected chi connectivity index (χ0v) is 10.4. The van der Waals surface area contributed by atoms with Crippen LogP contribution >= 0.6 is 0 Å². The van der Waals surface area contributed by atoms with Gasteiger partial charge < -0.3 is 14.8 Å². The van der Waals surface area contributed by atoms with Gasteiger partial charge in [0.1, 0.15) is 0 Å². The van der Waals surface area contributed by atoms with Gasteiger partial charge >= 0.3 is 0 Å². The summed E-state index contributed by atoms with van der Waals surface area (Å²) in [7, 11) is 0. The Morgan fingerprint density at radius 2 is 2.24 bits per heavy atom. The van der Waals surface area contributed by atoms with E-state index in [-0.39, 0.29) is 18.1 Å². The summed E-state index contributed by atoms with van der Waals surface area (Å²) in [5.74, 6) is 0.668. The third-order valence-electron chi connectivity index (χ3n) is 4.71. The number of hydrogen-bond donors (Lipinski definition) is 1. The number of carbonyl (C=O) groups is 1. The topological polar surface area (TPSA) is 50.9 Å². The molecule has 0 radical (unpaired) electrons. The lowest BCUT2D eigenvalue weighted by Gasteiger charge is -2.50. The van der Waals surface area contributed by atoms with Crippen LogP contribution in [0.3, 0.4) is 0 Å². The zero-order chi connectivity index (χ0) is 11.9. The van der Waals surface area contributed by atoms with Gasteiger partial charge in [0.05, 0.1) is 12.7 Å². The normalized spacial score (nSPS) is 38.5. The molecule has 0 aromatic rings. The molecule has 1 aliphatic carbocycles. The first-order valence-electron chi connectivity index (χ1n) is 6.72. The van der Waals surface area contributed by atoms with Gasteiger partial charge in [0.15, 0.2) is 6.10 Å². The van der Waals surface area contributed by atoms with Crippen LogP contribution in [0.25, 0.3) is 0 Å². The summed E-state index contributed by atoms with van der Waals surface area (Å²) in [6.45, 7) is 4.48. The van der Waals surface area contributed by atoms with E-state index >= 15 is 0 Å². The SMILES string of the molecule is C[C@@H]1O[C@H]1C(=O)NCC1CCOCC12CCC2. The maximum Gasteiger partial charge on any atom is 0.251 e. The average molecular weight is 239 g/mol. The maximum atomic E-state index is 11.7. The second-order valence-electron chi connectivity index (χ2n) is 5.76. The number of carbonyl (C=O) groups excluding carboxylic acids is 1. The molecule has 1 amide bonds. The Bertz CT molecular complexity index is 314. The van der Waals surface area contributed by atoms with Crippen molar-refractivity contribution >= 4 is 5.91 Å². The summed E-state index contributed by atoms with van der Waals surface area (Å²) >= 11 is 0. The van der Waals surface area contributed by atoms with Crippen molar-refractivity contribution in [2.45, 2.75) is 44.8 Å². The quantitative estimate of drug-likeness (QED) is 0.750. The number of nitrogens with one attached hydrogen (secondary N) is 1. The summed E-state index contributed by atoms with van der Waals surface area (Å²) in [5.41, 5.74) is 0.377. The Morgan fingerprint density at radius 3 is 2.82 bits per heavy atom. The van der Waals surface area contributed by atoms with Crippen molar-refractivity contribution in [1.29, 1.82) is 0 Å². The van der Waals surface area contributed by atoms with Crippen molar-refractivity contribution < 1.29 is 14.3 Å². The molecule has 2 heterocycles. The van der Waals surface area contributed by atoms with Gasteiger partial charge in [-0.1, -0.05) is 6.42 Å². The van der Waals surface area contributed by atoms with E-state index in [1.807, 2.05) is 6.92 Å². The second kappa shape index (κ2) is 4.25. The van der Waals surface area contributed by atoms with Crippen molar-refractivity contribution in [2.75, 3.05) is 19.8 Å². The minimum atomic E-state index is -0.188. The van der Waals surface area contributed by atoms with Crippen LogP contribution in [0.5, 0.6) is 0 Å². The molecule has 4 nitrogen and oxygen atoms in total. The number of rotatable bonds is 3. The number of ether oxygens (including phenoxy) is 2. The molecular formula is C13H21NO3. The van der Waals surface area contributed by atoms with Crippen LogP contribution in [0.2, 0.25) is 0 Å². The van der Waals surface area contributed by atoms with Gasteiger partial charge in [-0.3, -0.25) is 4.79 Å². The molecule has 2 saturated heterocycles. The summed E-state index contributed by atoms with van der Waals surface area (Å²) in [6.07, 6.45) is 4.86. The lowest BCUT2D eigenvalue weighted by Crippen LogP contribution is -2.50. The van der Waals surface area contributed by atoms with Crippen molar-refractivity contribution in [3.63, 3.8) is 0 Å². The largest absolute Gasteiger partial charge is 0.381 e. The molecule has 1 unspecified atom stereocenters. The molecule has 3 atom stereocenters. The first kappa shape index (κ1) is 11.5. The molecule has 4 heteroatoms. The van der Waals surface area contributed by atoms with Crippen LogP contribution in [-0.4, -0.2) is 37.9 Å². The first-order valence-corrected chi connectivity index (χ1v) is 6.72. The molecule has 1 N–H and O–H groups in total. The summed E-state index contributed by atoms with van der Waals surface area (Å²) < 4.78 is 10.8. The summed E-state index contributed by atoms with van der Waals surface area (Å²) in [5, 5.41) is 3.05. The molecule has 3 aliphatic rings. The monoisotopic (exact) mass is 239 g/mol. The van der Waals surface area contributed by atoms with Gasteiger partial charge in [0.2, 0.25) is 0 Å². The Labute approximate surface area is 102 Å². The Hall–Kier alpha value is -0.610. The number of hydrogen-bond acceptors (Lipinski definition) is 3. The molecule has 3 fully saturated rings. The smallest absolute Gasteiger partial charge is 0.251 e. The highest BCUT2D eigenvalue weighted by molar-refractivity contribution is 5.83. The fourth-order valence-corrected chi connectivity index (χ4v) is 3.21. The van der Waals surface area contributed by atoms with E-state index in [1.54, 1.807) is 0 Å². The molecule has 0 aromatic carbocycles. The van der Waals surface area contributed by atoms with Crippen LogP contribution in [0.1, 0.15) is 32.6 Å². The summed E-state index contributed by atoms with van der Waals surface area (Å²) in [6, 6.07) is 0. The van der Waals surface area contributed by atoms with E-state index in [4.69, 9.17) is 9.47 Å². The van der Waals surface area contributed by atoms with E-state index in [0.717, 1.165) is 26.2 Å². The lowest BCUT2D eigenvalue weighted by atomic mass is 9.60. The van der Waals surface area contributed by atoms with E-state index < -0.39 is 0 Å². The predicted molar refractivity (Wildman–Crippen MR) is 62.6 cm³/mol. The van der Waals surface area contributed by atoms with Gasteiger partial charge in [-0.05, 0) is 37.5 Å². The van der Waals surface area contributed by atoms with Gasteiger partial charge in [-0.15, -0.1) is 0 Å². The van der Waals surface area contributed by atoms with Crippen molar-refractivity contribution in [2.24, 2.45) is 11.3 Å². The Morgan fingerprint density at radius 1 is 1.47 bits per heavy atom. The lowest BCUT2D eigenvalue weighted by molar-refractivity contribution is -0.125. The van der Waals surface area contributed by atoms with Gasteiger partial charge in [0.25, 0.3) is 5.91 Å². The van der Waals surface area contributed by atoms with Gasteiger partial charge in [-0.25, -0.2) is 0 Å². The van der Waals surface area contributed by atoms with Crippen LogP contribution in [0.15, 0.2) is 0 Å². The number of epoxide rings is 1. The van der Waals surface area contributed by atoms with Crippen molar-refractivity contribution in [1.82, 2.24) is 5.32 Å². The molecule has 1 spiro atoms. The Balaban J connectivity index is 1.51. The van der Waals surface area contributed by atoms with Crippen LogP contribution in [-0.2, 0) is 14.3 Å². The summed E-state index contributed by atoms with van der Waals surface area (Å²) in [4.78, 5) is 11.7. The first-order chi connectivity index (χ1) is 8.21. The molecule has 1 saturated carbocycles. The van der Waals surface area contributed by atoms with E-state index in [1.165, 1.54) is 19.3 Å². The van der Waals surface area contributed by atoms with E-state index in [2.05, 4.69) is 5.32 Å². The molecule has 0 bridgehead atoms. The standard InChI is InChI=1S/C13H21NO3/c1-9-11(17-9)12(15)14-7-10-3-6-16-8-13(10)4-2-5-13/h9-11H,2-8H2,1H3,(H,14,15)/t9-,10?,11+/m0/s1. The highest BCUT2D eigenvalue weighted by Gasteiger charge is 2.47. The zero-order valence-electron chi connectivity index (χ0n) is 10.4. The number of amides is 1. The fraction of sp³-hybridized carbons (Fsp3) is 0.923. The van der Waals surface area contributed by atoms with Crippen LogP contribution in [0, 0.1) is 11.3 Å². The average Bonchev–Trinajstić information content (AvgIpc) is 3.01. The van der Waals surface area contributed by atoms with Crippen LogP contribution in [0.4, 0.5) is 0 Å². The minimum Gasteiger partial charge on any atom is -0.381 e. The second-order valence-corrected chi connectivity index (χ2v) is 5.76. The molecule has 2 aliphatic heterocycles. The van der Waals surface area contributed by atoms with Crippen LogP contribution < -0.4 is 5.32 Å². The van der Waals surface area contributed by atoms with Gasteiger partial charge in [-0.2, -0.15) is 0 Å². The molecule has 0 aromatic heterocycles.